The lowest BCUT2D eigenvalue weighted by atomic mass is 10.0. The number of hydrogen-bond acceptors (Lipinski definition) is 5. The molecule has 1 saturated heterocycles. The number of methoxy groups -OCH3 is 2. The average molecular weight is 409 g/mol. The molecule has 1 fully saturated rings. The largest absolute Gasteiger partial charge is 0.497 e. The topological polar surface area (TPSA) is 71.6 Å². The van der Waals surface area contributed by atoms with Crippen LogP contribution in [0.1, 0.15) is 29.2 Å². The molecule has 2 aromatic carbocycles. The number of alkyl halides is 3. The fraction of sp³-hybridized carbons (Fsp3) is 0.350. The van der Waals surface area contributed by atoms with Crippen LogP contribution in [-0.2, 0) is 17.5 Å². The fourth-order valence-corrected chi connectivity index (χ4v) is 3.29. The second-order valence-corrected chi connectivity index (χ2v) is 6.61. The van der Waals surface area contributed by atoms with Crippen LogP contribution in [0.25, 0.3) is 0 Å². The van der Waals surface area contributed by atoms with Crippen LogP contribution < -0.4 is 25.6 Å². The lowest BCUT2D eigenvalue weighted by molar-refractivity contribution is -0.138. The lowest BCUT2D eigenvalue weighted by Crippen LogP contribution is -2.43. The molecule has 1 amide bonds. The molecule has 9 heteroatoms. The summed E-state index contributed by atoms with van der Waals surface area (Å²) >= 11 is 0. The maximum Gasteiger partial charge on any atom is 0.416 e. The van der Waals surface area contributed by atoms with Gasteiger partial charge < -0.3 is 14.8 Å². The standard InChI is InChI=1S/C20H22F3N3O3/c1-28-13-7-8-14(18(9-13)29-2)16-10-17(26-25-16)19(27)24-11-12-5-3-4-6-15(12)20(21,22)23/h3-9,16-17,25-26H,10-11H2,1-2H3,(H,24,27). The van der Waals surface area contributed by atoms with Crippen molar-refractivity contribution in [3.63, 3.8) is 0 Å². The normalized spacial score (nSPS) is 19.1. The van der Waals surface area contributed by atoms with Crippen molar-refractivity contribution in [2.24, 2.45) is 0 Å². The first-order chi connectivity index (χ1) is 13.8. The highest BCUT2D eigenvalue weighted by Gasteiger charge is 2.34. The van der Waals surface area contributed by atoms with Gasteiger partial charge in [0.25, 0.3) is 0 Å². The lowest BCUT2D eigenvalue weighted by Gasteiger charge is -2.16. The molecule has 2 aromatic rings. The maximum absolute atomic E-state index is 13.1. The van der Waals surface area contributed by atoms with Crippen molar-refractivity contribution in [1.82, 2.24) is 16.2 Å². The zero-order valence-corrected chi connectivity index (χ0v) is 16.0. The summed E-state index contributed by atoms with van der Waals surface area (Å²) in [5.41, 5.74) is 6.05. The Kier molecular flexibility index (Phi) is 6.29. The highest BCUT2D eigenvalue weighted by molar-refractivity contribution is 5.82. The van der Waals surface area contributed by atoms with Crippen molar-refractivity contribution in [2.75, 3.05) is 14.2 Å². The van der Waals surface area contributed by atoms with Gasteiger partial charge in [0.1, 0.15) is 17.5 Å². The molecule has 6 nitrogen and oxygen atoms in total. The highest BCUT2D eigenvalue weighted by atomic mass is 19.4. The zero-order valence-electron chi connectivity index (χ0n) is 16.0. The molecule has 1 aliphatic rings. The molecular formula is C20H22F3N3O3. The molecule has 156 valence electrons. The van der Waals surface area contributed by atoms with E-state index in [9.17, 15) is 18.0 Å². The summed E-state index contributed by atoms with van der Waals surface area (Å²) in [5, 5.41) is 2.58. The Hall–Kier alpha value is -2.78. The number of ether oxygens (including phenoxy) is 2. The fourth-order valence-electron chi connectivity index (χ4n) is 3.29. The van der Waals surface area contributed by atoms with Gasteiger partial charge in [-0.2, -0.15) is 13.2 Å². The van der Waals surface area contributed by atoms with Crippen molar-refractivity contribution in [3.8, 4) is 11.5 Å². The van der Waals surface area contributed by atoms with Gasteiger partial charge in [-0.05, 0) is 24.1 Å². The van der Waals surface area contributed by atoms with Crippen molar-refractivity contribution < 1.29 is 27.4 Å². The molecule has 0 saturated carbocycles. The van der Waals surface area contributed by atoms with Gasteiger partial charge >= 0.3 is 6.18 Å². The number of carbonyl (C=O) groups excluding carboxylic acids is 1. The molecule has 0 aromatic heterocycles. The third kappa shape index (κ3) is 4.80. The summed E-state index contributed by atoms with van der Waals surface area (Å²) < 4.78 is 49.8. The van der Waals surface area contributed by atoms with Gasteiger partial charge in [-0.1, -0.05) is 24.3 Å². The number of hydrogen-bond donors (Lipinski definition) is 3. The molecule has 0 bridgehead atoms. The van der Waals surface area contributed by atoms with Gasteiger partial charge in [0.05, 0.1) is 25.8 Å². The van der Waals surface area contributed by atoms with Gasteiger partial charge in [-0.15, -0.1) is 0 Å². The zero-order chi connectivity index (χ0) is 21.0. The SMILES string of the molecule is COc1ccc(C2CC(C(=O)NCc3ccccc3C(F)(F)F)NN2)c(OC)c1. The first-order valence-corrected chi connectivity index (χ1v) is 8.99. The Morgan fingerprint density at radius 3 is 2.59 bits per heavy atom. The number of rotatable bonds is 6. The maximum atomic E-state index is 13.1. The van der Waals surface area contributed by atoms with Crippen molar-refractivity contribution in [1.29, 1.82) is 0 Å². The van der Waals surface area contributed by atoms with Crippen LogP contribution in [-0.4, -0.2) is 26.2 Å². The number of nitrogens with one attached hydrogen (secondary N) is 3. The molecule has 29 heavy (non-hydrogen) atoms. The van der Waals surface area contributed by atoms with E-state index in [1.807, 2.05) is 6.07 Å². The third-order valence-corrected chi connectivity index (χ3v) is 4.81. The van der Waals surface area contributed by atoms with E-state index in [4.69, 9.17) is 9.47 Å². The van der Waals surface area contributed by atoms with Crippen LogP contribution in [0.5, 0.6) is 11.5 Å². The molecular weight excluding hydrogens is 387 g/mol. The highest BCUT2D eigenvalue weighted by Crippen LogP contribution is 2.34. The smallest absolute Gasteiger partial charge is 0.416 e. The van der Waals surface area contributed by atoms with E-state index < -0.39 is 17.8 Å². The second-order valence-electron chi connectivity index (χ2n) is 6.61. The summed E-state index contributed by atoms with van der Waals surface area (Å²) in [6, 6.07) is 9.79. The van der Waals surface area contributed by atoms with Gasteiger partial charge in [0, 0.05) is 18.2 Å². The predicted octanol–water partition coefficient (Wildman–Crippen LogP) is 2.95. The Morgan fingerprint density at radius 1 is 1.14 bits per heavy atom. The van der Waals surface area contributed by atoms with Crippen LogP contribution >= 0.6 is 0 Å². The van der Waals surface area contributed by atoms with E-state index >= 15 is 0 Å². The van der Waals surface area contributed by atoms with Gasteiger partial charge in [0.15, 0.2) is 0 Å². The van der Waals surface area contributed by atoms with Crippen LogP contribution in [0, 0.1) is 0 Å². The van der Waals surface area contributed by atoms with Gasteiger partial charge in [-0.25, -0.2) is 10.9 Å². The van der Waals surface area contributed by atoms with Crippen LogP contribution in [0.3, 0.4) is 0 Å². The summed E-state index contributed by atoms with van der Waals surface area (Å²) in [4.78, 5) is 12.5. The molecule has 0 radical (unpaired) electrons. The average Bonchev–Trinajstić information content (AvgIpc) is 3.21. The molecule has 0 aliphatic carbocycles. The van der Waals surface area contributed by atoms with Crippen molar-refractivity contribution in [3.05, 3.63) is 59.2 Å². The molecule has 0 spiro atoms. The van der Waals surface area contributed by atoms with Crippen molar-refractivity contribution in [2.45, 2.75) is 31.2 Å². The summed E-state index contributed by atoms with van der Waals surface area (Å²) in [5.74, 6) is 0.877. The number of halogens is 3. The Bertz CT molecular complexity index is 874. The molecule has 3 N–H and O–H groups in total. The minimum atomic E-state index is -4.47. The van der Waals surface area contributed by atoms with Crippen molar-refractivity contribution >= 4 is 5.91 Å². The van der Waals surface area contributed by atoms with E-state index in [2.05, 4.69) is 16.2 Å². The number of hydrazine groups is 1. The van der Waals surface area contributed by atoms with E-state index in [0.29, 0.717) is 17.9 Å². The Balaban J connectivity index is 1.64. The Morgan fingerprint density at radius 2 is 1.90 bits per heavy atom. The molecule has 1 heterocycles. The van der Waals surface area contributed by atoms with E-state index in [1.54, 1.807) is 26.4 Å². The van der Waals surface area contributed by atoms with Gasteiger partial charge in [-0.3, -0.25) is 4.79 Å². The number of benzene rings is 2. The van der Waals surface area contributed by atoms with Crippen LogP contribution in [0.4, 0.5) is 13.2 Å². The van der Waals surface area contributed by atoms with Crippen LogP contribution in [0.2, 0.25) is 0 Å². The van der Waals surface area contributed by atoms with Gasteiger partial charge in [0.2, 0.25) is 5.91 Å². The quantitative estimate of drug-likeness (QED) is 0.684. The second kappa shape index (κ2) is 8.71. The minimum absolute atomic E-state index is 0.0210. The van der Waals surface area contributed by atoms with Crippen LogP contribution in [0.15, 0.2) is 42.5 Å². The summed E-state index contributed by atoms with van der Waals surface area (Å²) in [6.07, 6.45) is -4.06. The molecule has 3 rings (SSSR count). The summed E-state index contributed by atoms with van der Waals surface area (Å²) in [7, 11) is 3.10. The first-order valence-electron chi connectivity index (χ1n) is 8.99. The van der Waals surface area contributed by atoms with E-state index in [1.165, 1.54) is 18.2 Å². The Labute approximate surface area is 166 Å². The summed E-state index contributed by atoms with van der Waals surface area (Å²) in [6.45, 7) is -0.205. The first kappa shape index (κ1) is 20.9. The van der Waals surface area contributed by atoms with E-state index in [0.717, 1.165) is 11.6 Å². The number of carbonyl (C=O) groups is 1. The minimum Gasteiger partial charge on any atom is -0.497 e. The monoisotopic (exact) mass is 409 g/mol. The molecule has 1 aliphatic heterocycles. The number of amides is 1. The van der Waals surface area contributed by atoms with E-state index in [-0.39, 0.29) is 24.1 Å². The molecule has 2 unspecified atom stereocenters. The third-order valence-electron chi connectivity index (χ3n) is 4.81. The predicted molar refractivity (Wildman–Crippen MR) is 100 cm³/mol. The molecule has 2 atom stereocenters.